The van der Waals surface area contributed by atoms with E-state index in [4.69, 9.17) is 9.05 Å². The third-order valence-electron chi connectivity index (χ3n) is 1.61. The first-order valence-corrected chi connectivity index (χ1v) is 6.37. The van der Waals surface area contributed by atoms with Crippen LogP contribution in [0.1, 0.15) is 20.8 Å². The lowest BCUT2D eigenvalue weighted by atomic mass is 10.7. The van der Waals surface area contributed by atoms with Gasteiger partial charge >= 0.3 is 7.60 Å². The van der Waals surface area contributed by atoms with Crippen LogP contribution in [0.2, 0.25) is 0 Å². The molecule has 0 bridgehead atoms. The lowest BCUT2D eigenvalue weighted by Crippen LogP contribution is -2.20. The van der Waals surface area contributed by atoms with E-state index >= 15 is 0 Å². The Morgan fingerprint density at radius 2 is 1.62 bits per heavy atom. The largest absolute Gasteiger partial charge is 0.344 e. The summed E-state index contributed by atoms with van der Waals surface area (Å²) in [7, 11) is -0.973. The van der Waals surface area contributed by atoms with Gasteiger partial charge in [0.25, 0.3) is 0 Å². The molecule has 0 aromatic carbocycles. The number of rotatable bonds is 7. The topological polar surface area (TPSA) is 38.8 Å². The van der Waals surface area contributed by atoms with Crippen molar-refractivity contribution < 1.29 is 13.6 Å². The van der Waals surface area contributed by atoms with E-state index in [0.717, 1.165) is 6.54 Å². The molecule has 0 saturated carbocycles. The van der Waals surface area contributed by atoms with E-state index < -0.39 is 7.60 Å². The van der Waals surface area contributed by atoms with Crippen molar-refractivity contribution in [3.05, 3.63) is 0 Å². The van der Waals surface area contributed by atoms with Crippen LogP contribution in [0.4, 0.5) is 0 Å². The van der Waals surface area contributed by atoms with Crippen LogP contribution in [-0.2, 0) is 13.6 Å². The van der Waals surface area contributed by atoms with Crippen LogP contribution in [0.3, 0.4) is 0 Å². The minimum Gasteiger partial charge on any atom is -0.308 e. The fourth-order valence-corrected chi connectivity index (χ4v) is 2.72. The van der Waals surface area contributed by atoms with E-state index in [1.807, 2.05) is 32.7 Å². The van der Waals surface area contributed by atoms with Crippen molar-refractivity contribution in [2.24, 2.45) is 0 Å². The van der Waals surface area contributed by atoms with Crippen molar-refractivity contribution in [3.8, 4) is 0 Å². The Morgan fingerprint density at radius 3 is 1.92 bits per heavy atom. The van der Waals surface area contributed by atoms with Gasteiger partial charge in [-0.1, -0.05) is 6.92 Å². The van der Waals surface area contributed by atoms with Crippen LogP contribution in [0.15, 0.2) is 0 Å². The molecule has 0 heterocycles. The van der Waals surface area contributed by atoms with Crippen molar-refractivity contribution >= 4 is 7.60 Å². The molecule has 0 spiro atoms. The molecular weight excluding hydrogens is 189 g/mol. The molecule has 0 saturated heterocycles. The Morgan fingerprint density at radius 1 is 1.15 bits per heavy atom. The maximum atomic E-state index is 11.9. The summed E-state index contributed by atoms with van der Waals surface area (Å²) in [5.41, 5.74) is 0. The van der Waals surface area contributed by atoms with Crippen LogP contribution in [0.25, 0.3) is 0 Å². The van der Waals surface area contributed by atoms with Gasteiger partial charge < -0.3 is 9.05 Å². The predicted octanol–water partition coefficient (Wildman–Crippen LogP) is 2.16. The van der Waals surface area contributed by atoms with Crippen molar-refractivity contribution in [2.75, 3.05) is 33.1 Å². The fourth-order valence-electron chi connectivity index (χ4n) is 0.908. The lowest BCUT2D eigenvalue weighted by molar-refractivity contribution is 0.204. The number of hydrogen-bond acceptors (Lipinski definition) is 4. The summed E-state index contributed by atoms with van der Waals surface area (Å²) < 4.78 is 22.2. The highest BCUT2D eigenvalue weighted by Crippen LogP contribution is 2.48. The Bertz CT molecular complexity index is 165. The Kier molecular flexibility index (Phi) is 6.60. The SMILES string of the molecule is CCOP(=O)(CN(C)CC)OCC. The number of hydrogen-bond donors (Lipinski definition) is 0. The Balaban J connectivity index is 4.14. The first-order valence-electron chi connectivity index (χ1n) is 4.64. The summed E-state index contributed by atoms with van der Waals surface area (Å²) in [5, 5.41) is 0. The van der Waals surface area contributed by atoms with Crippen LogP contribution in [-0.4, -0.2) is 38.0 Å². The molecule has 0 aromatic heterocycles. The van der Waals surface area contributed by atoms with Crippen molar-refractivity contribution in [2.45, 2.75) is 20.8 Å². The molecule has 0 fully saturated rings. The molecule has 0 aliphatic carbocycles. The van der Waals surface area contributed by atoms with E-state index in [1.165, 1.54) is 0 Å². The van der Waals surface area contributed by atoms with Gasteiger partial charge in [0.05, 0.1) is 13.2 Å². The molecule has 5 heteroatoms. The summed E-state index contributed by atoms with van der Waals surface area (Å²) in [6.07, 6.45) is 0.366. The predicted molar refractivity (Wildman–Crippen MR) is 54.0 cm³/mol. The second kappa shape index (κ2) is 6.55. The Hall–Kier alpha value is 0.110. The van der Waals surface area contributed by atoms with Gasteiger partial charge in [-0.15, -0.1) is 0 Å². The third kappa shape index (κ3) is 5.42. The zero-order chi connectivity index (χ0) is 10.3. The van der Waals surface area contributed by atoms with Gasteiger partial charge in [-0.05, 0) is 27.4 Å². The molecule has 0 amide bonds. The second-order valence-corrected chi connectivity index (χ2v) is 4.78. The molecule has 0 N–H and O–H groups in total. The van der Waals surface area contributed by atoms with E-state index in [0.29, 0.717) is 19.5 Å². The molecule has 0 atom stereocenters. The van der Waals surface area contributed by atoms with Crippen LogP contribution >= 0.6 is 7.60 Å². The third-order valence-corrected chi connectivity index (χ3v) is 3.74. The summed E-state index contributed by atoms with van der Waals surface area (Å²) in [5.74, 6) is 0. The standard InChI is InChI=1S/C8H20NO3P/c1-5-9(4)8-13(10,11-6-2)12-7-3/h5-8H2,1-4H3. The monoisotopic (exact) mass is 209 g/mol. The molecule has 13 heavy (non-hydrogen) atoms. The zero-order valence-corrected chi connectivity index (χ0v) is 9.84. The molecule has 4 nitrogen and oxygen atoms in total. The summed E-state index contributed by atoms with van der Waals surface area (Å²) in [6, 6.07) is 0. The van der Waals surface area contributed by atoms with E-state index in [1.54, 1.807) is 0 Å². The first-order chi connectivity index (χ1) is 6.08. The van der Waals surface area contributed by atoms with Gasteiger partial charge in [0.15, 0.2) is 0 Å². The lowest BCUT2D eigenvalue weighted by Gasteiger charge is -2.22. The molecule has 0 radical (unpaired) electrons. The maximum Gasteiger partial charge on any atom is 0.344 e. The molecule has 0 unspecified atom stereocenters. The van der Waals surface area contributed by atoms with Crippen molar-refractivity contribution in [1.29, 1.82) is 0 Å². The molecular formula is C8H20NO3P. The van der Waals surface area contributed by atoms with E-state index in [-0.39, 0.29) is 0 Å². The van der Waals surface area contributed by atoms with Gasteiger partial charge in [-0.2, -0.15) is 0 Å². The average Bonchev–Trinajstić information content (AvgIpc) is 2.04. The van der Waals surface area contributed by atoms with Gasteiger partial charge in [-0.25, -0.2) is 0 Å². The number of nitrogens with zero attached hydrogens (tertiary/aromatic N) is 1. The van der Waals surface area contributed by atoms with Crippen LogP contribution in [0.5, 0.6) is 0 Å². The summed E-state index contributed by atoms with van der Waals surface area (Å²) in [4.78, 5) is 1.92. The Labute approximate surface area is 80.7 Å². The van der Waals surface area contributed by atoms with E-state index in [9.17, 15) is 4.57 Å². The van der Waals surface area contributed by atoms with Gasteiger partial charge in [0.1, 0.15) is 6.29 Å². The second-order valence-electron chi connectivity index (χ2n) is 2.76. The normalized spacial score (nSPS) is 12.4. The van der Waals surface area contributed by atoms with E-state index in [2.05, 4.69) is 0 Å². The van der Waals surface area contributed by atoms with Gasteiger partial charge in [-0.3, -0.25) is 9.46 Å². The molecule has 0 aliphatic rings. The highest BCUT2D eigenvalue weighted by Gasteiger charge is 2.24. The summed E-state index contributed by atoms with van der Waals surface area (Å²) >= 11 is 0. The maximum absolute atomic E-state index is 11.9. The fraction of sp³-hybridized carbons (Fsp3) is 1.00. The van der Waals surface area contributed by atoms with Crippen LogP contribution in [0, 0.1) is 0 Å². The molecule has 80 valence electrons. The van der Waals surface area contributed by atoms with Gasteiger partial charge in [0, 0.05) is 0 Å². The average molecular weight is 209 g/mol. The highest BCUT2D eigenvalue weighted by atomic mass is 31.2. The smallest absolute Gasteiger partial charge is 0.308 e. The highest BCUT2D eigenvalue weighted by molar-refractivity contribution is 7.53. The molecule has 0 rings (SSSR count). The first kappa shape index (κ1) is 13.1. The molecule has 0 aromatic rings. The summed E-state index contributed by atoms with van der Waals surface area (Å²) in [6.45, 7) is 7.32. The molecule has 0 aliphatic heterocycles. The van der Waals surface area contributed by atoms with Crippen LogP contribution < -0.4 is 0 Å². The van der Waals surface area contributed by atoms with Gasteiger partial charge in [0.2, 0.25) is 0 Å². The zero-order valence-electron chi connectivity index (χ0n) is 8.95. The minimum atomic E-state index is -2.87. The quantitative estimate of drug-likeness (QED) is 0.602. The van der Waals surface area contributed by atoms with Crippen molar-refractivity contribution in [3.63, 3.8) is 0 Å². The minimum absolute atomic E-state index is 0.366. The van der Waals surface area contributed by atoms with Crippen molar-refractivity contribution in [1.82, 2.24) is 4.90 Å².